The summed E-state index contributed by atoms with van der Waals surface area (Å²) in [6.07, 6.45) is 0.414. The van der Waals surface area contributed by atoms with Gasteiger partial charge in [-0.25, -0.2) is 4.79 Å². The van der Waals surface area contributed by atoms with Crippen molar-refractivity contribution in [3.63, 3.8) is 0 Å². The molecule has 1 amide bonds. The highest BCUT2D eigenvalue weighted by Crippen LogP contribution is 2.26. The molecule has 1 atom stereocenters. The number of nitrogens with zero attached hydrogens (tertiary/aromatic N) is 1. The van der Waals surface area contributed by atoms with E-state index < -0.39 is 12.0 Å². The molecule has 0 fully saturated rings. The minimum atomic E-state index is -0.672. The van der Waals surface area contributed by atoms with Crippen LogP contribution in [0.3, 0.4) is 0 Å². The molecule has 0 unspecified atom stereocenters. The smallest absolute Gasteiger partial charge is 0.328 e. The zero-order valence-electron chi connectivity index (χ0n) is 14.1. The maximum atomic E-state index is 12.7. The lowest BCUT2D eigenvalue weighted by Crippen LogP contribution is -2.50. The third kappa shape index (κ3) is 4.11. The van der Waals surface area contributed by atoms with Crippen molar-refractivity contribution >= 4 is 35.1 Å². The zero-order chi connectivity index (χ0) is 18.7. The summed E-state index contributed by atoms with van der Waals surface area (Å²) in [5.41, 5.74) is 2.04. The number of esters is 1. The van der Waals surface area contributed by atoms with E-state index in [9.17, 15) is 9.59 Å². The minimum absolute atomic E-state index is 0.230. The molecule has 0 bridgehead atoms. The molecule has 0 aromatic heterocycles. The van der Waals surface area contributed by atoms with Crippen LogP contribution in [0.25, 0.3) is 0 Å². The van der Waals surface area contributed by atoms with Crippen molar-refractivity contribution in [1.82, 2.24) is 4.90 Å². The average molecular weight is 394 g/mol. The second-order valence-electron chi connectivity index (χ2n) is 5.93. The van der Waals surface area contributed by atoms with Crippen molar-refractivity contribution in [1.29, 1.82) is 0 Å². The fourth-order valence-electron chi connectivity index (χ4n) is 2.97. The predicted octanol–water partition coefficient (Wildman–Crippen LogP) is 3.50. The molecule has 0 saturated carbocycles. The molecule has 1 aliphatic heterocycles. The fraction of sp³-hybridized carbons (Fsp3) is 0.263. The number of ether oxygens (including phenoxy) is 2. The SMILES string of the molecule is COC(=O)[C@@H]1Cc2ccccc2CN1C(=O)COc1cc(Cl)cc(Cl)c1. The van der Waals surface area contributed by atoms with E-state index in [4.69, 9.17) is 32.7 Å². The topological polar surface area (TPSA) is 55.8 Å². The van der Waals surface area contributed by atoms with E-state index in [-0.39, 0.29) is 12.5 Å². The minimum Gasteiger partial charge on any atom is -0.484 e. The molecule has 2 aromatic rings. The third-order valence-corrected chi connectivity index (χ3v) is 4.68. The molecule has 0 spiro atoms. The number of methoxy groups -OCH3 is 1. The first kappa shape index (κ1) is 18.5. The first-order valence-electron chi connectivity index (χ1n) is 8.01. The number of hydrogen-bond donors (Lipinski definition) is 0. The van der Waals surface area contributed by atoms with Crippen LogP contribution in [0.1, 0.15) is 11.1 Å². The molecule has 0 aliphatic carbocycles. The van der Waals surface area contributed by atoms with Gasteiger partial charge in [-0.1, -0.05) is 47.5 Å². The van der Waals surface area contributed by atoms with Crippen LogP contribution in [-0.4, -0.2) is 36.5 Å². The Kier molecular flexibility index (Phi) is 5.69. The van der Waals surface area contributed by atoms with Crippen LogP contribution in [0.4, 0.5) is 0 Å². The molecule has 1 aliphatic rings. The lowest BCUT2D eigenvalue weighted by Gasteiger charge is -2.35. The van der Waals surface area contributed by atoms with Gasteiger partial charge in [-0.3, -0.25) is 4.79 Å². The second kappa shape index (κ2) is 7.98. The molecule has 136 valence electrons. The van der Waals surface area contributed by atoms with E-state index in [0.29, 0.717) is 28.8 Å². The van der Waals surface area contributed by atoms with E-state index >= 15 is 0 Å². The normalized spacial score (nSPS) is 16.0. The summed E-state index contributed by atoms with van der Waals surface area (Å²) in [5, 5.41) is 0.832. The first-order valence-corrected chi connectivity index (χ1v) is 8.76. The summed E-state index contributed by atoms with van der Waals surface area (Å²) in [7, 11) is 1.32. The maximum Gasteiger partial charge on any atom is 0.328 e. The maximum absolute atomic E-state index is 12.7. The van der Waals surface area contributed by atoms with E-state index in [1.165, 1.54) is 12.0 Å². The Labute approximate surface area is 161 Å². The van der Waals surface area contributed by atoms with Crippen LogP contribution < -0.4 is 4.74 Å². The molecule has 0 radical (unpaired) electrons. The van der Waals surface area contributed by atoms with Gasteiger partial charge in [-0.05, 0) is 29.3 Å². The van der Waals surface area contributed by atoms with Gasteiger partial charge in [0.1, 0.15) is 11.8 Å². The van der Waals surface area contributed by atoms with E-state index in [0.717, 1.165) is 11.1 Å². The predicted molar refractivity (Wildman–Crippen MR) is 98.5 cm³/mol. The monoisotopic (exact) mass is 393 g/mol. The van der Waals surface area contributed by atoms with Crippen LogP contribution in [0.15, 0.2) is 42.5 Å². The summed E-state index contributed by atoms with van der Waals surface area (Å²) in [6, 6.07) is 11.8. The Balaban J connectivity index is 1.76. The van der Waals surface area contributed by atoms with Crippen molar-refractivity contribution in [2.45, 2.75) is 19.0 Å². The molecule has 2 aromatic carbocycles. The number of amides is 1. The molecular formula is C19H17Cl2NO4. The lowest BCUT2D eigenvalue weighted by molar-refractivity contribution is -0.154. The van der Waals surface area contributed by atoms with Gasteiger partial charge in [-0.15, -0.1) is 0 Å². The number of carbonyl (C=O) groups excluding carboxylic acids is 2. The zero-order valence-corrected chi connectivity index (χ0v) is 15.6. The molecule has 7 heteroatoms. The standard InChI is InChI=1S/C19H17Cl2NO4/c1-25-19(24)17-6-12-4-2-3-5-13(12)10-22(17)18(23)11-26-16-8-14(20)7-15(21)9-16/h2-5,7-9,17H,6,10-11H2,1H3/t17-/m0/s1. The Morgan fingerprint density at radius 2 is 1.77 bits per heavy atom. The van der Waals surface area contributed by atoms with Crippen LogP contribution in [0.5, 0.6) is 5.75 Å². The highest BCUT2D eigenvalue weighted by molar-refractivity contribution is 6.34. The number of carbonyl (C=O) groups is 2. The van der Waals surface area contributed by atoms with Crippen LogP contribution in [0, 0.1) is 0 Å². The molecule has 5 nitrogen and oxygen atoms in total. The van der Waals surface area contributed by atoms with Crippen LogP contribution >= 0.6 is 23.2 Å². The van der Waals surface area contributed by atoms with Crippen molar-refractivity contribution in [2.24, 2.45) is 0 Å². The third-order valence-electron chi connectivity index (χ3n) is 4.24. The average Bonchev–Trinajstić information content (AvgIpc) is 2.63. The first-order chi connectivity index (χ1) is 12.5. The van der Waals surface area contributed by atoms with Gasteiger partial charge < -0.3 is 14.4 Å². The highest BCUT2D eigenvalue weighted by Gasteiger charge is 2.35. The number of hydrogen-bond acceptors (Lipinski definition) is 4. The molecule has 26 heavy (non-hydrogen) atoms. The largest absolute Gasteiger partial charge is 0.484 e. The van der Waals surface area contributed by atoms with E-state index in [1.54, 1.807) is 18.2 Å². The van der Waals surface area contributed by atoms with Crippen LogP contribution in [-0.2, 0) is 27.3 Å². The van der Waals surface area contributed by atoms with Crippen molar-refractivity contribution in [2.75, 3.05) is 13.7 Å². The Morgan fingerprint density at radius 1 is 1.12 bits per heavy atom. The van der Waals surface area contributed by atoms with Gasteiger partial charge >= 0.3 is 5.97 Å². The van der Waals surface area contributed by atoms with Gasteiger partial charge in [0.25, 0.3) is 5.91 Å². The summed E-state index contributed by atoms with van der Waals surface area (Å²) < 4.78 is 10.4. The number of benzene rings is 2. The molecule has 1 heterocycles. The van der Waals surface area contributed by atoms with Gasteiger partial charge in [-0.2, -0.15) is 0 Å². The number of fused-ring (bicyclic) bond motifs is 1. The molecular weight excluding hydrogens is 377 g/mol. The van der Waals surface area contributed by atoms with Gasteiger partial charge in [0.05, 0.1) is 7.11 Å². The van der Waals surface area contributed by atoms with Gasteiger partial charge in [0.2, 0.25) is 0 Å². The van der Waals surface area contributed by atoms with Crippen LogP contribution in [0.2, 0.25) is 10.0 Å². The quantitative estimate of drug-likeness (QED) is 0.745. The Morgan fingerprint density at radius 3 is 2.42 bits per heavy atom. The Bertz CT molecular complexity index is 820. The summed E-state index contributed by atoms with van der Waals surface area (Å²) in [4.78, 5) is 26.4. The molecule has 3 rings (SSSR count). The van der Waals surface area contributed by atoms with E-state index in [2.05, 4.69) is 0 Å². The highest BCUT2D eigenvalue weighted by atomic mass is 35.5. The summed E-state index contributed by atoms with van der Waals surface area (Å²) in [6.45, 7) is 0.0980. The molecule has 0 N–H and O–H groups in total. The second-order valence-corrected chi connectivity index (χ2v) is 6.80. The Hall–Kier alpha value is -2.24. The number of rotatable bonds is 4. The van der Waals surface area contributed by atoms with Crippen molar-refractivity contribution in [3.05, 3.63) is 63.6 Å². The van der Waals surface area contributed by atoms with Crippen molar-refractivity contribution in [3.8, 4) is 5.75 Å². The van der Waals surface area contributed by atoms with Gasteiger partial charge in [0.15, 0.2) is 6.61 Å². The van der Waals surface area contributed by atoms with E-state index in [1.807, 2.05) is 24.3 Å². The number of halogens is 2. The lowest BCUT2D eigenvalue weighted by atomic mass is 9.94. The molecule has 0 saturated heterocycles. The fourth-order valence-corrected chi connectivity index (χ4v) is 3.48. The summed E-state index contributed by atoms with van der Waals surface area (Å²) in [5.74, 6) is -0.368. The van der Waals surface area contributed by atoms with Crippen molar-refractivity contribution < 1.29 is 19.1 Å². The summed E-state index contributed by atoms with van der Waals surface area (Å²) >= 11 is 11.9. The van der Waals surface area contributed by atoms with Gasteiger partial charge in [0, 0.05) is 23.0 Å².